The Hall–Kier alpha value is -1.73. The Morgan fingerprint density at radius 1 is 1.38 bits per heavy atom. The SMILES string of the molecule is O=C(CCCc1nc(-c2cccs2)no1)N1CCC2CCC(C1)N2. The number of rotatable bonds is 5. The lowest BCUT2D eigenvalue weighted by Gasteiger charge is -2.24. The summed E-state index contributed by atoms with van der Waals surface area (Å²) >= 11 is 1.59. The minimum atomic E-state index is 0.252. The Labute approximate surface area is 145 Å². The molecule has 128 valence electrons. The summed E-state index contributed by atoms with van der Waals surface area (Å²) < 4.78 is 5.29. The fraction of sp³-hybridized carbons (Fsp3) is 0.588. The number of aryl methyl sites for hydroxylation is 1. The van der Waals surface area contributed by atoms with Crippen LogP contribution in [-0.2, 0) is 11.2 Å². The van der Waals surface area contributed by atoms with E-state index in [0.29, 0.717) is 36.6 Å². The monoisotopic (exact) mass is 346 g/mol. The van der Waals surface area contributed by atoms with Gasteiger partial charge in [-0.05, 0) is 37.1 Å². The first-order valence-corrected chi connectivity index (χ1v) is 9.56. The highest BCUT2D eigenvalue weighted by molar-refractivity contribution is 7.13. The average Bonchev–Trinajstić information content (AvgIpc) is 3.28. The number of carbonyl (C=O) groups is 1. The van der Waals surface area contributed by atoms with Gasteiger partial charge in [-0.2, -0.15) is 4.98 Å². The fourth-order valence-electron chi connectivity index (χ4n) is 3.58. The summed E-state index contributed by atoms with van der Waals surface area (Å²) in [5, 5.41) is 9.61. The highest BCUT2D eigenvalue weighted by Gasteiger charge is 2.30. The van der Waals surface area contributed by atoms with Crippen molar-refractivity contribution >= 4 is 17.2 Å². The van der Waals surface area contributed by atoms with Crippen LogP contribution in [0.3, 0.4) is 0 Å². The number of nitrogens with one attached hydrogen (secondary N) is 1. The van der Waals surface area contributed by atoms with Crippen LogP contribution in [0, 0.1) is 0 Å². The van der Waals surface area contributed by atoms with Crippen molar-refractivity contribution in [3.05, 3.63) is 23.4 Å². The van der Waals surface area contributed by atoms with Gasteiger partial charge in [0.1, 0.15) is 0 Å². The van der Waals surface area contributed by atoms with E-state index in [1.165, 1.54) is 12.8 Å². The highest BCUT2D eigenvalue weighted by Crippen LogP contribution is 2.22. The summed E-state index contributed by atoms with van der Waals surface area (Å²) in [6, 6.07) is 5.05. The summed E-state index contributed by atoms with van der Waals surface area (Å²) in [5.74, 6) is 1.51. The van der Waals surface area contributed by atoms with E-state index in [1.54, 1.807) is 11.3 Å². The average molecular weight is 346 g/mol. The van der Waals surface area contributed by atoms with Gasteiger partial charge in [0.2, 0.25) is 17.6 Å². The molecule has 4 heterocycles. The molecule has 0 saturated carbocycles. The molecule has 0 spiro atoms. The molecule has 2 aliphatic rings. The molecule has 4 rings (SSSR count). The Kier molecular flexibility index (Phi) is 4.62. The molecular weight excluding hydrogens is 324 g/mol. The molecular formula is C17H22N4O2S. The topological polar surface area (TPSA) is 71.3 Å². The summed E-state index contributed by atoms with van der Waals surface area (Å²) in [6.07, 6.45) is 5.49. The number of likely N-dealkylation sites (tertiary alicyclic amines) is 1. The van der Waals surface area contributed by atoms with Crippen LogP contribution < -0.4 is 5.32 Å². The van der Waals surface area contributed by atoms with Gasteiger partial charge in [0.25, 0.3) is 0 Å². The summed E-state index contributed by atoms with van der Waals surface area (Å²) in [6.45, 7) is 1.74. The second kappa shape index (κ2) is 7.03. The number of amides is 1. The van der Waals surface area contributed by atoms with Gasteiger partial charge in [-0.3, -0.25) is 4.79 Å². The lowest BCUT2D eigenvalue weighted by molar-refractivity contribution is -0.131. The van der Waals surface area contributed by atoms with E-state index in [4.69, 9.17) is 4.52 Å². The predicted molar refractivity (Wildman–Crippen MR) is 91.7 cm³/mol. The van der Waals surface area contributed by atoms with Crippen molar-refractivity contribution in [3.8, 4) is 10.7 Å². The van der Waals surface area contributed by atoms with Gasteiger partial charge >= 0.3 is 0 Å². The molecule has 2 saturated heterocycles. The van der Waals surface area contributed by atoms with Crippen molar-refractivity contribution in [2.75, 3.05) is 13.1 Å². The fourth-order valence-corrected chi connectivity index (χ4v) is 4.23. The number of carbonyl (C=O) groups excluding carboxylic acids is 1. The Balaban J connectivity index is 1.26. The van der Waals surface area contributed by atoms with Gasteiger partial charge in [-0.15, -0.1) is 11.3 Å². The molecule has 2 unspecified atom stereocenters. The number of thiophene rings is 1. The molecule has 24 heavy (non-hydrogen) atoms. The van der Waals surface area contributed by atoms with E-state index < -0.39 is 0 Å². The maximum atomic E-state index is 12.4. The lowest BCUT2D eigenvalue weighted by atomic mass is 10.1. The molecule has 2 fully saturated rings. The first kappa shape index (κ1) is 15.8. The molecule has 2 aliphatic heterocycles. The first-order valence-electron chi connectivity index (χ1n) is 8.68. The number of hydrogen-bond donors (Lipinski definition) is 1. The van der Waals surface area contributed by atoms with E-state index in [0.717, 1.165) is 30.8 Å². The van der Waals surface area contributed by atoms with Crippen LogP contribution in [0.4, 0.5) is 0 Å². The quantitative estimate of drug-likeness (QED) is 0.900. The molecule has 2 aromatic heterocycles. The Bertz CT molecular complexity index is 685. The summed E-state index contributed by atoms with van der Waals surface area (Å²) in [7, 11) is 0. The minimum Gasteiger partial charge on any atom is -0.341 e. The molecule has 2 atom stereocenters. The van der Waals surface area contributed by atoms with Crippen LogP contribution in [0.15, 0.2) is 22.0 Å². The van der Waals surface area contributed by atoms with Crippen molar-refractivity contribution in [2.45, 2.75) is 50.6 Å². The molecule has 2 bridgehead atoms. The van der Waals surface area contributed by atoms with Gasteiger partial charge in [-0.25, -0.2) is 0 Å². The minimum absolute atomic E-state index is 0.252. The second-order valence-electron chi connectivity index (χ2n) is 6.61. The van der Waals surface area contributed by atoms with Crippen LogP contribution in [-0.4, -0.2) is 46.1 Å². The lowest BCUT2D eigenvalue weighted by Crippen LogP contribution is -2.38. The van der Waals surface area contributed by atoms with E-state index in [2.05, 4.69) is 15.5 Å². The predicted octanol–water partition coefficient (Wildman–Crippen LogP) is 2.47. The third-order valence-corrected chi connectivity index (χ3v) is 5.73. The zero-order valence-corrected chi connectivity index (χ0v) is 14.4. The Morgan fingerprint density at radius 2 is 2.29 bits per heavy atom. The van der Waals surface area contributed by atoms with Gasteiger partial charge in [-0.1, -0.05) is 11.2 Å². The zero-order valence-electron chi connectivity index (χ0n) is 13.6. The maximum absolute atomic E-state index is 12.4. The van der Waals surface area contributed by atoms with E-state index >= 15 is 0 Å². The third-order valence-electron chi connectivity index (χ3n) is 4.87. The van der Waals surface area contributed by atoms with E-state index in [-0.39, 0.29) is 5.91 Å². The number of aromatic nitrogens is 2. The van der Waals surface area contributed by atoms with Crippen molar-refractivity contribution in [1.82, 2.24) is 20.4 Å². The van der Waals surface area contributed by atoms with Crippen LogP contribution >= 0.6 is 11.3 Å². The second-order valence-corrected chi connectivity index (χ2v) is 7.56. The normalized spacial score (nSPS) is 23.4. The highest BCUT2D eigenvalue weighted by atomic mass is 32.1. The van der Waals surface area contributed by atoms with Crippen LogP contribution in [0.2, 0.25) is 0 Å². The van der Waals surface area contributed by atoms with Gasteiger partial charge in [0.05, 0.1) is 4.88 Å². The van der Waals surface area contributed by atoms with Crippen molar-refractivity contribution < 1.29 is 9.32 Å². The van der Waals surface area contributed by atoms with E-state index in [9.17, 15) is 4.79 Å². The van der Waals surface area contributed by atoms with Crippen LogP contribution in [0.5, 0.6) is 0 Å². The summed E-state index contributed by atoms with van der Waals surface area (Å²) in [4.78, 5) is 19.9. The standard InChI is InChI=1S/C17H22N4O2S/c22-16(21-9-8-12-6-7-13(11-21)18-12)5-1-4-15-19-17(20-23-15)14-3-2-10-24-14/h2-3,10,12-13,18H,1,4-9,11H2. The van der Waals surface area contributed by atoms with Crippen LogP contribution in [0.25, 0.3) is 10.7 Å². The molecule has 7 heteroatoms. The van der Waals surface area contributed by atoms with Gasteiger partial charge in [0.15, 0.2) is 0 Å². The molecule has 0 aliphatic carbocycles. The van der Waals surface area contributed by atoms with Crippen LogP contribution in [0.1, 0.15) is 38.0 Å². The van der Waals surface area contributed by atoms with Gasteiger partial charge in [0, 0.05) is 38.0 Å². The smallest absolute Gasteiger partial charge is 0.226 e. The van der Waals surface area contributed by atoms with E-state index in [1.807, 2.05) is 22.4 Å². The van der Waals surface area contributed by atoms with Gasteiger partial charge < -0.3 is 14.7 Å². The van der Waals surface area contributed by atoms with Crippen molar-refractivity contribution in [1.29, 1.82) is 0 Å². The molecule has 1 amide bonds. The molecule has 1 N–H and O–H groups in total. The van der Waals surface area contributed by atoms with Crippen molar-refractivity contribution in [3.63, 3.8) is 0 Å². The Morgan fingerprint density at radius 3 is 3.17 bits per heavy atom. The number of fused-ring (bicyclic) bond motifs is 2. The first-order chi connectivity index (χ1) is 11.8. The molecule has 0 aromatic carbocycles. The largest absolute Gasteiger partial charge is 0.341 e. The third kappa shape index (κ3) is 3.52. The van der Waals surface area contributed by atoms with Crippen molar-refractivity contribution in [2.24, 2.45) is 0 Å². The molecule has 0 radical (unpaired) electrons. The molecule has 2 aromatic rings. The number of hydrogen-bond acceptors (Lipinski definition) is 6. The zero-order chi connectivity index (χ0) is 16.4. The summed E-state index contributed by atoms with van der Waals surface area (Å²) in [5.41, 5.74) is 0. The molecule has 6 nitrogen and oxygen atoms in total. The maximum Gasteiger partial charge on any atom is 0.226 e. The number of nitrogens with zero attached hydrogens (tertiary/aromatic N) is 3.